The molecule has 0 saturated carbocycles. The fourth-order valence-electron chi connectivity index (χ4n) is 1.12. The normalized spacial score (nSPS) is 9.83. The predicted molar refractivity (Wildman–Crippen MR) is 44.2 cm³/mol. The summed E-state index contributed by atoms with van der Waals surface area (Å²) >= 11 is 0. The second-order valence-electron chi connectivity index (χ2n) is 2.58. The third kappa shape index (κ3) is 1.23. The van der Waals surface area contributed by atoms with Crippen LogP contribution < -0.4 is 5.73 Å². The minimum absolute atomic E-state index is 0.0625. The topological polar surface area (TPSA) is 65.1 Å². The second kappa shape index (κ2) is 2.81. The summed E-state index contributed by atoms with van der Waals surface area (Å²) in [6, 6.07) is 1.02. The number of aromatic nitrogens is 1. The lowest BCUT2D eigenvalue weighted by Crippen LogP contribution is -2.20. The molecule has 12 heavy (non-hydrogen) atoms. The zero-order valence-electron chi connectivity index (χ0n) is 7.00. The quantitative estimate of drug-likeness (QED) is 0.630. The van der Waals surface area contributed by atoms with Crippen LogP contribution in [0.15, 0.2) is 12.3 Å². The third-order valence-corrected chi connectivity index (χ3v) is 1.76. The van der Waals surface area contributed by atoms with Gasteiger partial charge in [0.2, 0.25) is 0 Å². The molecule has 4 nitrogen and oxygen atoms in total. The van der Waals surface area contributed by atoms with Crippen molar-refractivity contribution in [3.05, 3.63) is 23.5 Å². The Morgan fingerprint density at radius 1 is 1.50 bits per heavy atom. The Hall–Kier alpha value is -1.58. The van der Waals surface area contributed by atoms with Crippen LogP contribution in [0.1, 0.15) is 23.0 Å². The molecule has 0 saturated heterocycles. The molecule has 0 aromatic carbocycles. The molecule has 0 aliphatic rings. The monoisotopic (exact) mass is 166 g/mol. The van der Waals surface area contributed by atoms with Crippen molar-refractivity contribution in [1.29, 1.82) is 0 Å². The third-order valence-electron chi connectivity index (χ3n) is 1.76. The van der Waals surface area contributed by atoms with Gasteiger partial charge in [0.25, 0.3) is 0 Å². The molecule has 0 aliphatic heterocycles. The highest BCUT2D eigenvalue weighted by Crippen LogP contribution is 2.09. The van der Waals surface area contributed by atoms with E-state index in [-0.39, 0.29) is 5.78 Å². The Morgan fingerprint density at radius 2 is 2.08 bits per heavy atom. The van der Waals surface area contributed by atoms with E-state index in [9.17, 15) is 9.59 Å². The highest BCUT2D eigenvalue weighted by molar-refractivity contribution is 5.96. The molecule has 64 valence electrons. The summed E-state index contributed by atoms with van der Waals surface area (Å²) in [7, 11) is 0. The van der Waals surface area contributed by atoms with Gasteiger partial charge < -0.3 is 5.73 Å². The van der Waals surface area contributed by atoms with Crippen LogP contribution in [0, 0.1) is 6.92 Å². The Labute approximate surface area is 70.0 Å². The van der Waals surface area contributed by atoms with Gasteiger partial charge in [-0.3, -0.25) is 9.36 Å². The minimum Gasteiger partial charge on any atom is -0.351 e. The van der Waals surface area contributed by atoms with Crippen molar-refractivity contribution in [2.45, 2.75) is 13.8 Å². The fraction of sp³-hybridized carbons (Fsp3) is 0.250. The fourth-order valence-corrected chi connectivity index (χ4v) is 1.12. The summed E-state index contributed by atoms with van der Waals surface area (Å²) in [6.45, 7) is 3.13. The maximum Gasteiger partial charge on any atom is 0.323 e. The second-order valence-corrected chi connectivity index (χ2v) is 2.58. The molecule has 4 heteroatoms. The molecule has 2 N–H and O–H groups in total. The van der Waals surface area contributed by atoms with Crippen LogP contribution in [0.3, 0.4) is 0 Å². The summed E-state index contributed by atoms with van der Waals surface area (Å²) in [5, 5.41) is 0. The first-order valence-corrected chi connectivity index (χ1v) is 3.52. The molecule has 0 aliphatic carbocycles. The Morgan fingerprint density at radius 3 is 2.33 bits per heavy atom. The highest BCUT2D eigenvalue weighted by atomic mass is 16.2. The van der Waals surface area contributed by atoms with E-state index >= 15 is 0 Å². The van der Waals surface area contributed by atoms with Crippen molar-refractivity contribution in [1.82, 2.24) is 4.57 Å². The lowest BCUT2D eigenvalue weighted by molar-refractivity contribution is 0.101. The van der Waals surface area contributed by atoms with Crippen molar-refractivity contribution in [3.8, 4) is 0 Å². The van der Waals surface area contributed by atoms with Crippen LogP contribution in [-0.4, -0.2) is 16.4 Å². The van der Waals surface area contributed by atoms with Gasteiger partial charge in [-0.25, -0.2) is 4.79 Å². The molecule has 0 fully saturated rings. The molecule has 1 aromatic rings. The molecule has 0 unspecified atom stereocenters. The van der Waals surface area contributed by atoms with Crippen LogP contribution in [0.2, 0.25) is 0 Å². The molecular formula is C8H10N2O2. The number of nitrogens with zero attached hydrogens (tertiary/aromatic N) is 1. The van der Waals surface area contributed by atoms with E-state index in [1.807, 2.05) is 0 Å². The number of carbonyl (C=O) groups excluding carboxylic acids is 2. The number of hydrogen-bond donors (Lipinski definition) is 1. The SMILES string of the molecule is CC(=O)c1ccn(C(N)=O)c1C. The molecule has 1 rings (SSSR count). The first kappa shape index (κ1) is 8.52. The van der Waals surface area contributed by atoms with Crippen LogP contribution in [0.4, 0.5) is 4.79 Å². The van der Waals surface area contributed by atoms with E-state index in [1.165, 1.54) is 17.7 Å². The maximum atomic E-state index is 10.9. The van der Waals surface area contributed by atoms with E-state index in [4.69, 9.17) is 5.73 Å². The number of nitrogens with two attached hydrogens (primary N) is 1. The van der Waals surface area contributed by atoms with Gasteiger partial charge in [-0.15, -0.1) is 0 Å². The smallest absolute Gasteiger partial charge is 0.323 e. The number of hydrogen-bond acceptors (Lipinski definition) is 2. The molecule has 0 radical (unpaired) electrons. The van der Waals surface area contributed by atoms with Crippen molar-refractivity contribution in [2.24, 2.45) is 5.73 Å². The summed E-state index contributed by atoms with van der Waals surface area (Å²) in [5.41, 5.74) is 6.17. The van der Waals surface area contributed by atoms with Crippen LogP contribution >= 0.6 is 0 Å². The van der Waals surface area contributed by atoms with Gasteiger partial charge in [-0.2, -0.15) is 0 Å². The lowest BCUT2D eigenvalue weighted by atomic mass is 10.2. The van der Waals surface area contributed by atoms with E-state index in [1.54, 1.807) is 13.0 Å². The van der Waals surface area contributed by atoms with Gasteiger partial charge in [0.1, 0.15) is 0 Å². The summed E-state index contributed by atoms with van der Waals surface area (Å²) in [4.78, 5) is 21.7. The summed E-state index contributed by atoms with van der Waals surface area (Å²) in [6.07, 6.45) is 1.49. The van der Waals surface area contributed by atoms with Gasteiger partial charge >= 0.3 is 6.03 Å². The number of carbonyl (C=O) groups is 2. The Kier molecular flexibility index (Phi) is 1.99. The van der Waals surface area contributed by atoms with Crippen molar-refractivity contribution < 1.29 is 9.59 Å². The van der Waals surface area contributed by atoms with Gasteiger partial charge in [0.15, 0.2) is 5.78 Å². The standard InChI is InChI=1S/C8H10N2O2/c1-5-7(6(2)11)3-4-10(5)8(9)12/h3-4H,1-2H3,(H2,9,12). The molecule has 1 amide bonds. The van der Waals surface area contributed by atoms with Gasteiger partial charge in [-0.1, -0.05) is 0 Å². The summed E-state index contributed by atoms with van der Waals surface area (Å²) < 4.78 is 1.25. The summed E-state index contributed by atoms with van der Waals surface area (Å²) in [5.74, 6) is -0.0625. The molecule has 0 bridgehead atoms. The van der Waals surface area contributed by atoms with E-state index in [2.05, 4.69) is 0 Å². The zero-order valence-corrected chi connectivity index (χ0v) is 7.00. The Balaban J connectivity index is 3.22. The van der Waals surface area contributed by atoms with Crippen LogP contribution in [0.25, 0.3) is 0 Å². The molecule has 1 aromatic heterocycles. The number of amides is 1. The van der Waals surface area contributed by atoms with Crippen molar-refractivity contribution >= 4 is 11.8 Å². The highest BCUT2D eigenvalue weighted by Gasteiger charge is 2.10. The molecule has 0 spiro atoms. The predicted octanol–water partition coefficient (Wildman–Crippen LogP) is 0.926. The molecule has 0 atom stereocenters. The largest absolute Gasteiger partial charge is 0.351 e. The van der Waals surface area contributed by atoms with E-state index in [0.29, 0.717) is 11.3 Å². The number of ketones is 1. The number of primary amides is 1. The van der Waals surface area contributed by atoms with Crippen LogP contribution in [0.5, 0.6) is 0 Å². The number of Topliss-reactive ketones (excluding diaryl/α,β-unsaturated/α-hetero) is 1. The molecular weight excluding hydrogens is 156 g/mol. The molecule has 1 heterocycles. The first-order chi connectivity index (χ1) is 5.54. The average Bonchev–Trinajstić information content (AvgIpc) is 2.30. The Bertz CT molecular complexity index is 307. The van der Waals surface area contributed by atoms with Gasteiger partial charge in [0.05, 0.1) is 0 Å². The number of rotatable bonds is 1. The lowest BCUT2D eigenvalue weighted by Gasteiger charge is -1.99. The average molecular weight is 166 g/mol. The maximum absolute atomic E-state index is 10.9. The van der Waals surface area contributed by atoms with Gasteiger partial charge in [0, 0.05) is 17.5 Å². The minimum atomic E-state index is -0.569. The first-order valence-electron chi connectivity index (χ1n) is 3.52. The van der Waals surface area contributed by atoms with E-state index < -0.39 is 6.03 Å². The van der Waals surface area contributed by atoms with Crippen LogP contribution in [-0.2, 0) is 0 Å². The van der Waals surface area contributed by atoms with Crippen molar-refractivity contribution in [3.63, 3.8) is 0 Å². The van der Waals surface area contributed by atoms with E-state index in [0.717, 1.165) is 0 Å². The zero-order chi connectivity index (χ0) is 9.30. The van der Waals surface area contributed by atoms with Gasteiger partial charge in [-0.05, 0) is 19.9 Å². The van der Waals surface area contributed by atoms with Crippen molar-refractivity contribution in [2.75, 3.05) is 0 Å².